The van der Waals surface area contributed by atoms with Crippen LogP contribution in [0.15, 0.2) is 16.7 Å². The van der Waals surface area contributed by atoms with Crippen molar-refractivity contribution in [3.8, 4) is 0 Å². The summed E-state index contributed by atoms with van der Waals surface area (Å²) in [5.74, 6) is 5.90. The van der Waals surface area contributed by atoms with Gasteiger partial charge in [-0.1, -0.05) is 0 Å². The molecule has 0 bridgehead atoms. The van der Waals surface area contributed by atoms with E-state index in [9.17, 15) is 0 Å². The van der Waals surface area contributed by atoms with Crippen molar-refractivity contribution in [2.45, 2.75) is 6.29 Å². The van der Waals surface area contributed by atoms with Crippen LogP contribution >= 0.6 is 15.9 Å². The third-order valence-corrected chi connectivity index (χ3v) is 2.33. The second-order valence-electron chi connectivity index (χ2n) is 2.81. The minimum absolute atomic E-state index is 0.369. The van der Waals surface area contributed by atoms with Gasteiger partial charge < -0.3 is 14.9 Å². The molecule has 0 aromatic carbocycles. The number of anilines is 1. The zero-order valence-electron chi connectivity index (χ0n) is 7.37. The molecule has 1 aromatic heterocycles. The molecule has 2 rings (SSSR count). The number of nitrogens with one attached hydrogen (secondary N) is 1. The van der Waals surface area contributed by atoms with Crippen molar-refractivity contribution < 1.29 is 9.47 Å². The highest BCUT2D eigenvalue weighted by molar-refractivity contribution is 9.10. The number of hydrogen-bond donors (Lipinski definition) is 2. The van der Waals surface area contributed by atoms with Gasteiger partial charge in [0, 0.05) is 10.7 Å². The normalized spacial score (nSPS) is 17.3. The number of nitrogens with two attached hydrogens (primary N) is 1. The highest BCUT2D eigenvalue weighted by Crippen LogP contribution is 2.29. The molecule has 1 aromatic rings. The molecule has 14 heavy (non-hydrogen) atoms. The highest BCUT2D eigenvalue weighted by Gasteiger charge is 2.22. The molecule has 1 aliphatic rings. The van der Waals surface area contributed by atoms with E-state index < -0.39 is 0 Å². The largest absolute Gasteiger partial charge is 0.346 e. The molecule has 2 heterocycles. The Hall–Kier alpha value is -0.690. The summed E-state index contributed by atoms with van der Waals surface area (Å²) in [6, 6.07) is 1.87. The van der Waals surface area contributed by atoms with Gasteiger partial charge in [-0.3, -0.25) is 0 Å². The third-order valence-electron chi connectivity index (χ3n) is 1.90. The molecule has 0 atom stereocenters. The summed E-state index contributed by atoms with van der Waals surface area (Å²) in [4.78, 5) is 4.10. The Bertz CT molecular complexity index is 328. The fraction of sp³-hybridized carbons (Fsp3) is 0.375. The second kappa shape index (κ2) is 4.22. The van der Waals surface area contributed by atoms with E-state index in [0.717, 1.165) is 10.0 Å². The molecule has 0 aliphatic carbocycles. The van der Waals surface area contributed by atoms with Crippen molar-refractivity contribution in [2.75, 3.05) is 18.6 Å². The second-order valence-corrected chi connectivity index (χ2v) is 3.72. The molecule has 76 valence electrons. The van der Waals surface area contributed by atoms with E-state index in [0.29, 0.717) is 19.0 Å². The first-order valence-electron chi connectivity index (χ1n) is 4.16. The molecule has 0 unspecified atom stereocenters. The van der Waals surface area contributed by atoms with Gasteiger partial charge in [-0.2, -0.15) is 0 Å². The number of pyridine rings is 1. The first-order valence-corrected chi connectivity index (χ1v) is 4.96. The maximum Gasteiger partial charge on any atom is 0.187 e. The molecule has 3 N–H and O–H groups in total. The van der Waals surface area contributed by atoms with Gasteiger partial charge in [-0.15, -0.1) is 0 Å². The van der Waals surface area contributed by atoms with Gasteiger partial charge in [0.05, 0.1) is 18.8 Å². The predicted octanol–water partition coefficient (Wildman–Crippen LogP) is 1.18. The van der Waals surface area contributed by atoms with Crippen LogP contribution in [0.4, 0.5) is 5.82 Å². The maximum atomic E-state index is 5.36. The van der Waals surface area contributed by atoms with Crippen molar-refractivity contribution in [3.63, 3.8) is 0 Å². The van der Waals surface area contributed by atoms with Crippen LogP contribution in [0, 0.1) is 0 Å². The van der Waals surface area contributed by atoms with E-state index >= 15 is 0 Å². The SMILES string of the molecule is NNc1ncc(Br)cc1C1OCCO1. The molecule has 0 radical (unpaired) electrons. The molecule has 1 aliphatic heterocycles. The maximum absolute atomic E-state index is 5.36. The summed E-state index contributed by atoms with van der Waals surface area (Å²) >= 11 is 3.33. The van der Waals surface area contributed by atoms with Crippen LogP contribution in [-0.4, -0.2) is 18.2 Å². The van der Waals surface area contributed by atoms with Gasteiger partial charge >= 0.3 is 0 Å². The van der Waals surface area contributed by atoms with Crippen LogP contribution in [0.25, 0.3) is 0 Å². The van der Waals surface area contributed by atoms with Crippen LogP contribution in [-0.2, 0) is 9.47 Å². The topological polar surface area (TPSA) is 69.4 Å². The lowest BCUT2D eigenvalue weighted by molar-refractivity contribution is -0.0438. The molecule has 0 saturated carbocycles. The van der Waals surface area contributed by atoms with Crippen molar-refractivity contribution >= 4 is 21.7 Å². The Morgan fingerprint density at radius 2 is 2.21 bits per heavy atom. The first-order chi connectivity index (χ1) is 6.81. The Balaban J connectivity index is 2.33. The number of hydrogen-bond acceptors (Lipinski definition) is 5. The predicted molar refractivity (Wildman–Crippen MR) is 54.4 cm³/mol. The Labute approximate surface area is 89.7 Å². The molecule has 0 amide bonds. The molecular formula is C8H10BrN3O2. The van der Waals surface area contributed by atoms with Crippen LogP contribution < -0.4 is 11.3 Å². The minimum Gasteiger partial charge on any atom is -0.346 e. The minimum atomic E-state index is -0.369. The van der Waals surface area contributed by atoms with Crippen molar-refractivity contribution in [1.82, 2.24) is 4.98 Å². The van der Waals surface area contributed by atoms with E-state index in [1.807, 2.05) is 6.07 Å². The van der Waals surface area contributed by atoms with E-state index in [-0.39, 0.29) is 6.29 Å². The standard InChI is InChI=1S/C8H10BrN3O2/c9-5-3-6(7(12-10)11-4-5)8-13-1-2-14-8/h3-4,8H,1-2,10H2,(H,11,12). The fourth-order valence-corrected chi connectivity index (χ4v) is 1.64. The summed E-state index contributed by atoms with van der Waals surface area (Å²) in [5, 5.41) is 0. The molecule has 6 heteroatoms. The summed E-state index contributed by atoms with van der Waals surface area (Å²) in [5.41, 5.74) is 3.31. The first kappa shape index (κ1) is 9.85. The number of nitrogen functional groups attached to an aromatic ring is 1. The molecule has 0 spiro atoms. The number of halogens is 1. The Morgan fingerprint density at radius 1 is 1.50 bits per heavy atom. The highest BCUT2D eigenvalue weighted by atomic mass is 79.9. The van der Waals surface area contributed by atoms with Crippen LogP contribution in [0.2, 0.25) is 0 Å². The zero-order chi connectivity index (χ0) is 9.97. The number of hydrazine groups is 1. The van der Waals surface area contributed by atoms with Gasteiger partial charge in [0.1, 0.15) is 5.82 Å². The Kier molecular flexibility index (Phi) is 2.97. The summed E-state index contributed by atoms with van der Waals surface area (Å²) in [6.07, 6.45) is 1.29. The van der Waals surface area contributed by atoms with Crippen molar-refractivity contribution in [1.29, 1.82) is 0 Å². The molecule has 1 fully saturated rings. The smallest absolute Gasteiger partial charge is 0.187 e. The quantitative estimate of drug-likeness (QED) is 0.617. The Morgan fingerprint density at radius 3 is 2.86 bits per heavy atom. The molecular weight excluding hydrogens is 250 g/mol. The number of nitrogens with zero attached hydrogens (tertiary/aromatic N) is 1. The van der Waals surface area contributed by atoms with Crippen LogP contribution in [0.3, 0.4) is 0 Å². The van der Waals surface area contributed by atoms with Gasteiger partial charge in [-0.05, 0) is 22.0 Å². The van der Waals surface area contributed by atoms with Gasteiger partial charge in [-0.25, -0.2) is 10.8 Å². The zero-order valence-corrected chi connectivity index (χ0v) is 8.95. The monoisotopic (exact) mass is 259 g/mol. The van der Waals surface area contributed by atoms with Crippen molar-refractivity contribution in [2.24, 2.45) is 5.84 Å². The lowest BCUT2D eigenvalue weighted by atomic mass is 10.2. The fourth-order valence-electron chi connectivity index (χ4n) is 1.29. The number of ether oxygens (including phenoxy) is 2. The van der Waals surface area contributed by atoms with Crippen LogP contribution in [0.5, 0.6) is 0 Å². The summed E-state index contributed by atoms with van der Waals surface area (Å²) in [7, 11) is 0. The van der Waals surface area contributed by atoms with E-state index in [2.05, 4.69) is 26.3 Å². The van der Waals surface area contributed by atoms with Crippen molar-refractivity contribution in [3.05, 3.63) is 22.3 Å². The van der Waals surface area contributed by atoms with Gasteiger partial charge in [0.15, 0.2) is 6.29 Å². The van der Waals surface area contributed by atoms with Crippen LogP contribution in [0.1, 0.15) is 11.9 Å². The lowest BCUT2D eigenvalue weighted by Gasteiger charge is -2.13. The molecule has 5 nitrogen and oxygen atoms in total. The summed E-state index contributed by atoms with van der Waals surface area (Å²) in [6.45, 7) is 1.20. The average Bonchev–Trinajstić information content (AvgIpc) is 2.70. The third kappa shape index (κ3) is 1.88. The molecule has 1 saturated heterocycles. The van der Waals surface area contributed by atoms with Gasteiger partial charge in [0.25, 0.3) is 0 Å². The van der Waals surface area contributed by atoms with E-state index in [4.69, 9.17) is 15.3 Å². The number of rotatable bonds is 2. The van der Waals surface area contributed by atoms with Gasteiger partial charge in [0.2, 0.25) is 0 Å². The van der Waals surface area contributed by atoms with E-state index in [1.54, 1.807) is 6.20 Å². The average molecular weight is 260 g/mol. The summed E-state index contributed by atoms with van der Waals surface area (Å²) < 4.78 is 11.6. The van der Waals surface area contributed by atoms with E-state index in [1.165, 1.54) is 0 Å². The number of aromatic nitrogens is 1. The lowest BCUT2D eigenvalue weighted by Crippen LogP contribution is -2.13.